The highest BCUT2D eigenvalue weighted by molar-refractivity contribution is 5.06. The van der Waals surface area contributed by atoms with Crippen molar-refractivity contribution in [2.75, 3.05) is 0 Å². The summed E-state index contributed by atoms with van der Waals surface area (Å²) in [5, 5.41) is 18.6. The molecule has 0 aliphatic heterocycles. The van der Waals surface area contributed by atoms with E-state index < -0.39 is 0 Å². The summed E-state index contributed by atoms with van der Waals surface area (Å²) in [5.41, 5.74) is -0.152. The third-order valence-electron chi connectivity index (χ3n) is 3.42. The molecule has 3 atom stereocenters. The molecule has 12 heavy (non-hydrogen) atoms. The van der Waals surface area contributed by atoms with Crippen molar-refractivity contribution in [1.82, 2.24) is 0 Å². The molecule has 0 saturated heterocycles. The van der Waals surface area contributed by atoms with Crippen molar-refractivity contribution in [3.8, 4) is 6.07 Å². The van der Waals surface area contributed by atoms with Gasteiger partial charge >= 0.3 is 0 Å². The van der Waals surface area contributed by atoms with Gasteiger partial charge in [0, 0.05) is 0 Å². The Morgan fingerprint density at radius 2 is 2.25 bits per heavy atom. The van der Waals surface area contributed by atoms with Crippen LogP contribution in [0.3, 0.4) is 0 Å². The zero-order valence-electron chi connectivity index (χ0n) is 7.29. The van der Waals surface area contributed by atoms with Gasteiger partial charge in [0.2, 0.25) is 0 Å². The highest BCUT2D eigenvalue weighted by Crippen LogP contribution is 2.48. The molecule has 0 aromatic heterocycles. The fraction of sp³-hybridized carbons (Fsp3) is 0.900. The first-order chi connectivity index (χ1) is 5.74. The number of fused-ring (bicyclic) bond motifs is 2. The summed E-state index contributed by atoms with van der Waals surface area (Å²) in [6.07, 6.45) is 5.91. The molecule has 2 rings (SSSR count). The average molecular weight is 165 g/mol. The van der Waals surface area contributed by atoms with Crippen LogP contribution >= 0.6 is 0 Å². The summed E-state index contributed by atoms with van der Waals surface area (Å²) in [4.78, 5) is 0. The molecule has 2 nitrogen and oxygen atoms in total. The fourth-order valence-corrected chi connectivity index (χ4v) is 2.94. The summed E-state index contributed by atoms with van der Waals surface area (Å²) in [5.74, 6) is 0.627. The van der Waals surface area contributed by atoms with E-state index in [1.165, 1.54) is 12.8 Å². The van der Waals surface area contributed by atoms with E-state index in [1.807, 2.05) is 0 Å². The molecular weight excluding hydrogens is 150 g/mol. The summed E-state index contributed by atoms with van der Waals surface area (Å²) < 4.78 is 0. The third kappa shape index (κ3) is 1.23. The number of aliphatic hydroxyl groups excluding tert-OH is 1. The zero-order valence-corrected chi connectivity index (χ0v) is 7.29. The Balaban J connectivity index is 2.17. The van der Waals surface area contributed by atoms with Crippen LogP contribution in [0.15, 0.2) is 0 Å². The Bertz CT molecular complexity index is 216. The van der Waals surface area contributed by atoms with E-state index in [2.05, 4.69) is 6.07 Å². The van der Waals surface area contributed by atoms with Gasteiger partial charge in [-0.05, 0) is 31.6 Å². The summed E-state index contributed by atoms with van der Waals surface area (Å²) >= 11 is 0. The van der Waals surface area contributed by atoms with Crippen molar-refractivity contribution in [3.05, 3.63) is 0 Å². The first kappa shape index (κ1) is 8.07. The van der Waals surface area contributed by atoms with Crippen LogP contribution < -0.4 is 0 Å². The summed E-state index contributed by atoms with van der Waals surface area (Å²) in [7, 11) is 0. The molecule has 0 aromatic carbocycles. The van der Waals surface area contributed by atoms with Gasteiger partial charge < -0.3 is 5.11 Å². The SMILES string of the molecule is N#CC12CCCC(CC(O)C1)C2. The van der Waals surface area contributed by atoms with E-state index in [9.17, 15) is 5.11 Å². The predicted molar refractivity (Wildman–Crippen MR) is 45.2 cm³/mol. The number of nitriles is 1. The van der Waals surface area contributed by atoms with Gasteiger partial charge in [-0.2, -0.15) is 5.26 Å². The molecular formula is C10H15NO. The lowest BCUT2D eigenvalue weighted by Gasteiger charge is -2.42. The van der Waals surface area contributed by atoms with Gasteiger partial charge in [0.15, 0.2) is 0 Å². The van der Waals surface area contributed by atoms with E-state index in [0.29, 0.717) is 5.92 Å². The number of nitrogens with zero attached hydrogens (tertiary/aromatic N) is 1. The van der Waals surface area contributed by atoms with Crippen LogP contribution in [0.4, 0.5) is 0 Å². The molecule has 66 valence electrons. The van der Waals surface area contributed by atoms with Gasteiger partial charge in [0.05, 0.1) is 17.6 Å². The van der Waals surface area contributed by atoms with E-state index in [-0.39, 0.29) is 11.5 Å². The van der Waals surface area contributed by atoms with Gasteiger partial charge in [-0.15, -0.1) is 0 Å². The highest BCUT2D eigenvalue weighted by Gasteiger charge is 2.42. The van der Waals surface area contributed by atoms with Crippen LogP contribution in [0.2, 0.25) is 0 Å². The lowest BCUT2D eigenvalue weighted by Crippen LogP contribution is -2.38. The molecule has 0 radical (unpaired) electrons. The standard InChI is InChI=1S/C10H15NO/c11-7-10-3-1-2-8(5-10)4-9(12)6-10/h8-9,12H,1-6H2. The van der Waals surface area contributed by atoms with Gasteiger partial charge in [-0.1, -0.05) is 12.8 Å². The van der Waals surface area contributed by atoms with Crippen LogP contribution in [0, 0.1) is 22.7 Å². The Morgan fingerprint density at radius 1 is 1.42 bits per heavy atom. The quantitative estimate of drug-likeness (QED) is 0.595. The Morgan fingerprint density at radius 3 is 3.00 bits per heavy atom. The van der Waals surface area contributed by atoms with E-state index in [0.717, 1.165) is 25.7 Å². The van der Waals surface area contributed by atoms with Crippen LogP contribution in [-0.2, 0) is 0 Å². The normalized spacial score (nSPS) is 46.7. The third-order valence-corrected chi connectivity index (χ3v) is 3.42. The molecule has 2 bridgehead atoms. The molecule has 2 heteroatoms. The second-order valence-corrected chi connectivity index (χ2v) is 4.45. The molecule has 0 heterocycles. The number of hydrogen-bond acceptors (Lipinski definition) is 2. The number of hydrogen-bond donors (Lipinski definition) is 1. The highest BCUT2D eigenvalue weighted by atomic mass is 16.3. The van der Waals surface area contributed by atoms with Gasteiger partial charge in [-0.25, -0.2) is 0 Å². The molecule has 0 spiro atoms. The number of rotatable bonds is 0. The van der Waals surface area contributed by atoms with Crippen molar-refractivity contribution in [2.45, 2.75) is 44.6 Å². The lowest BCUT2D eigenvalue weighted by molar-refractivity contribution is 0.0146. The van der Waals surface area contributed by atoms with Crippen molar-refractivity contribution in [3.63, 3.8) is 0 Å². The number of aliphatic hydroxyl groups is 1. The van der Waals surface area contributed by atoms with E-state index in [1.54, 1.807) is 0 Å². The predicted octanol–water partition coefficient (Wildman–Crippen LogP) is 1.84. The molecule has 2 aliphatic carbocycles. The van der Waals surface area contributed by atoms with E-state index in [4.69, 9.17) is 5.26 Å². The van der Waals surface area contributed by atoms with Gasteiger partial charge in [0.25, 0.3) is 0 Å². The average Bonchev–Trinajstić information content (AvgIpc) is 2.03. The smallest absolute Gasteiger partial charge is 0.0690 e. The first-order valence-corrected chi connectivity index (χ1v) is 4.83. The van der Waals surface area contributed by atoms with Crippen molar-refractivity contribution < 1.29 is 5.11 Å². The van der Waals surface area contributed by atoms with Crippen molar-refractivity contribution in [2.24, 2.45) is 11.3 Å². The molecule has 1 N–H and O–H groups in total. The molecule has 3 unspecified atom stereocenters. The monoisotopic (exact) mass is 165 g/mol. The minimum Gasteiger partial charge on any atom is -0.393 e. The van der Waals surface area contributed by atoms with Crippen molar-refractivity contribution >= 4 is 0 Å². The zero-order chi connectivity index (χ0) is 8.60. The Kier molecular flexibility index (Phi) is 1.84. The summed E-state index contributed by atoms with van der Waals surface area (Å²) in [6.45, 7) is 0. The Hall–Kier alpha value is -0.550. The lowest BCUT2D eigenvalue weighted by atomic mass is 9.62. The Labute approximate surface area is 73.2 Å². The van der Waals surface area contributed by atoms with Crippen LogP contribution in [-0.4, -0.2) is 11.2 Å². The summed E-state index contributed by atoms with van der Waals surface area (Å²) in [6, 6.07) is 2.42. The maximum Gasteiger partial charge on any atom is 0.0690 e. The molecule has 2 saturated carbocycles. The van der Waals surface area contributed by atoms with Crippen LogP contribution in [0.5, 0.6) is 0 Å². The largest absolute Gasteiger partial charge is 0.393 e. The second kappa shape index (κ2) is 2.74. The second-order valence-electron chi connectivity index (χ2n) is 4.45. The fourth-order valence-electron chi connectivity index (χ4n) is 2.94. The minimum atomic E-state index is -0.205. The van der Waals surface area contributed by atoms with E-state index >= 15 is 0 Å². The van der Waals surface area contributed by atoms with Gasteiger partial charge in [0.1, 0.15) is 0 Å². The molecule has 2 fully saturated rings. The van der Waals surface area contributed by atoms with Gasteiger partial charge in [-0.3, -0.25) is 0 Å². The topological polar surface area (TPSA) is 44.0 Å². The maximum atomic E-state index is 9.56. The molecule has 0 aromatic rings. The first-order valence-electron chi connectivity index (χ1n) is 4.83. The van der Waals surface area contributed by atoms with Crippen LogP contribution in [0.1, 0.15) is 38.5 Å². The minimum absolute atomic E-state index is 0.152. The maximum absolute atomic E-state index is 9.56. The molecule has 0 amide bonds. The van der Waals surface area contributed by atoms with Crippen LogP contribution in [0.25, 0.3) is 0 Å². The van der Waals surface area contributed by atoms with Crippen molar-refractivity contribution in [1.29, 1.82) is 5.26 Å². The molecule has 2 aliphatic rings.